The molecule has 2 N–H and O–H groups in total. The second-order valence-electron chi connectivity index (χ2n) is 6.23. The van der Waals surface area contributed by atoms with Crippen molar-refractivity contribution in [3.05, 3.63) is 24.0 Å². The van der Waals surface area contributed by atoms with Crippen LogP contribution in [0.1, 0.15) is 24.2 Å². The molecule has 7 nitrogen and oxygen atoms in total. The van der Waals surface area contributed by atoms with E-state index in [1.807, 2.05) is 13.8 Å². The van der Waals surface area contributed by atoms with Gasteiger partial charge in [0.2, 0.25) is 0 Å². The zero-order valence-corrected chi connectivity index (χ0v) is 14.2. The Morgan fingerprint density at radius 1 is 1.41 bits per heavy atom. The molecular formula is C14H24N4O3S. The van der Waals surface area contributed by atoms with Crippen LogP contribution in [0.5, 0.6) is 0 Å². The summed E-state index contributed by atoms with van der Waals surface area (Å²) in [4.78, 5) is 17.0. The highest BCUT2D eigenvalue weighted by atomic mass is 32.2. The molecule has 1 aliphatic rings. The molecule has 1 amide bonds. The lowest BCUT2D eigenvalue weighted by Gasteiger charge is -2.24. The van der Waals surface area contributed by atoms with Crippen LogP contribution < -0.4 is 4.72 Å². The van der Waals surface area contributed by atoms with Crippen LogP contribution in [0, 0.1) is 11.8 Å². The van der Waals surface area contributed by atoms with Crippen LogP contribution in [0.15, 0.2) is 18.5 Å². The van der Waals surface area contributed by atoms with Crippen molar-refractivity contribution in [2.45, 2.75) is 19.9 Å². The normalized spacial score (nSPS) is 22.7. The lowest BCUT2D eigenvalue weighted by Crippen LogP contribution is -2.46. The number of hydrogen-bond acceptors (Lipinski definition) is 3. The molecule has 2 heterocycles. The van der Waals surface area contributed by atoms with E-state index in [-0.39, 0.29) is 23.8 Å². The van der Waals surface area contributed by atoms with Crippen LogP contribution in [0.2, 0.25) is 0 Å². The highest BCUT2D eigenvalue weighted by Crippen LogP contribution is 2.26. The van der Waals surface area contributed by atoms with Gasteiger partial charge in [0.1, 0.15) is 0 Å². The number of nitrogens with one attached hydrogen (secondary N) is 2. The zero-order valence-electron chi connectivity index (χ0n) is 13.4. The number of likely N-dealkylation sites (tertiary alicyclic amines) is 1. The summed E-state index contributed by atoms with van der Waals surface area (Å²) in [6.07, 6.45) is 3.36. The van der Waals surface area contributed by atoms with Gasteiger partial charge in [-0.2, -0.15) is 17.4 Å². The molecule has 0 spiro atoms. The van der Waals surface area contributed by atoms with Crippen LogP contribution in [-0.2, 0) is 10.2 Å². The van der Waals surface area contributed by atoms with Crippen LogP contribution in [0.4, 0.5) is 0 Å². The molecule has 1 aromatic rings. The highest BCUT2D eigenvalue weighted by molar-refractivity contribution is 7.87. The number of H-pyrrole nitrogens is 1. The Bertz CT molecular complexity index is 610. The van der Waals surface area contributed by atoms with Gasteiger partial charge in [0.05, 0.1) is 5.56 Å². The van der Waals surface area contributed by atoms with Crippen molar-refractivity contribution < 1.29 is 13.2 Å². The van der Waals surface area contributed by atoms with Crippen LogP contribution in [-0.4, -0.2) is 61.7 Å². The van der Waals surface area contributed by atoms with Crippen molar-refractivity contribution in [3.63, 3.8) is 0 Å². The summed E-state index contributed by atoms with van der Waals surface area (Å²) in [5, 5.41) is 0. The third kappa shape index (κ3) is 3.50. The molecule has 1 aliphatic heterocycles. The van der Waals surface area contributed by atoms with E-state index >= 15 is 0 Å². The van der Waals surface area contributed by atoms with E-state index in [0.717, 1.165) is 4.31 Å². The number of rotatable bonds is 5. The molecule has 0 aromatic carbocycles. The number of nitrogens with zero attached hydrogens (tertiary/aromatic N) is 2. The fraction of sp³-hybridized carbons (Fsp3) is 0.643. The fourth-order valence-electron chi connectivity index (χ4n) is 2.73. The molecule has 0 aliphatic carbocycles. The van der Waals surface area contributed by atoms with E-state index in [1.165, 1.54) is 14.1 Å². The third-order valence-electron chi connectivity index (χ3n) is 4.13. The quantitative estimate of drug-likeness (QED) is 0.826. The van der Waals surface area contributed by atoms with Gasteiger partial charge in [-0.15, -0.1) is 0 Å². The van der Waals surface area contributed by atoms with Crippen molar-refractivity contribution in [2.24, 2.45) is 11.8 Å². The van der Waals surface area contributed by atoms with Crippen LogP contribution in [0.3, 0.4) is 0 Å². The molecule has 1 aromatic heterocycles. The monoisotopic (exact) mass is 328 g/mol. The Kier molecular flexibility index (Phi) is 4.93. The number of amides is 1. The Hall–Kier alpha value is -1.38. The first kappa shape index (κ1) is 17.0. The third-order valence-corrected chi connectivity index (χ3v) is 5.70. The van der Waals surface area contributed by atoms with E-state index in [4.69, 9.17) is 0 Å². The van der Waals surface area contributed by atoms with Gasteiger partial charge in [0.15, 0.2) is 0 Å². The maximum atomic E-state index is 12.4. The van der Waals surface area contributed by atoms with Gasteiger partial charge >= 0.3 is 0 Å². The minimum absolute atomic E-state index is 0.0709. The molecular weight excluding hydrogens is 304 g/mol. The number of aromatic nitrogens is 1. The second kappa shape index (κ2) is 6.39. The molecule has 8 heteroatoms. The summed E-state index contributed by atoms with van der Waals surface area (Å²) in [5.41, 5.74) is 0.596. The standard InChI is InChI=1S/C14H24N4O3S/c1-10(2)12-8-18(14(19)11-5-6-15-7-11)9-13(12)16-22(20,21)17(3)4/h5-7,10,12-13,15-16H,8-9H2,1-4H3. The fourth-order valence-corrected chi connectivity index (χ4v) is 3.57. The first-order chi connectivity index (χ1) is 10.2. The molecule has 0 saturated carbocycles. The molecule has 22 heavy (non-hydrogen) atoms. The van der Waals surface area contributed by atoms with Gasteiger partial charge in [0, 0.05) is 45.6 Å². The van der Waals surface area contributed by atoms with E-state index in [9.17, 15) is 13.2 Å². The molecule has 1 fully saturated rings. The van der Waals surface area contributed by atoms with Gasteiger partial charge in [-0.25, -0.2) is 0 Å². The minimum atomic E-state index is -3.51. The first-order valence-corrected chi connectivity index (χ1v) is 8.78. The van der Waals surface area contributed by atoms with E-state index in [0.29, 0.717) is 18.7 Å². The number of carbonyl (C=O) groups is 1. The molecule has 1 saturated heterocycles. The van der Waals surface area contributed by atoms with E-state index < -0.39 is 10.2 Å². The number of aromatic amines is 1. The smallest absolute Gasteiger partial charge is 0.279 e. The SMILES string of the molecule is CC(C)C1CN(C(=O)c2cc[nH]c2)CC1NS(=O)(=O)N(C)C. The maximum absolute atomic E-state index is 12.4. The summed E-state index contributed by atoms with van der Waals surface area (Å²) < 4.78 is 28.0. The van der Waals surface area contributed by atoms with E-state index in [2.05, 4.69) is 9.71 Å². The van der Waals surface area contributed by atoms with Gasteiger partial charge in [-0.1, -0.05) is 13.8 Å². The summed E-state index contributed by atoms with van der Waals surface area (Å²) >= 11 is 0. The second-order valence-corrected chi connectivity index (χ2v) is 8.15. The maximum Gasteiger partial charge on any atom is 0.279 e. The predicted octanol–water partition coefficient (Wildman–Crippen LogP) is 0.507. The molecule has 2 unspecified atom stereocenters. The largest absolute Gasteiger partial charge is 0.367 e. The number of carbonyl (C=O) groups excluding carboxylic acids is 1. The van der Waals surface area contributed by atoms with Crippen molar-refractivity contribution in [1.82, 2.24) is 18.9 Å². The van der Waals surface area contributed by atoms with Crippen LogP contribution >= 0.6 is 0 Å². The number of hydrogen-bond donors (Lipinski definition) is 2. The van der Waals surface area contributed by atoms with Gasteiger partial charge in [-0.3, -0.25) is 4.79 Å². The Balaban J connectivity index is 2.15. The zero-order chi connectivity index (χ0) is 16.5. The van der Waals surface area contributed by atoms with Gasteiger partial charge < -0.3 is 9.88 Å². The first-order valence-electron chi connectivity index (χ1n) is 7.34. The minimum Gasteiger partial charge on any atom is -0.367 e. The topological polar surface area (TPSA) is 85.5 Å². The van der Waals surface area contributed by atoms with Gasteiger partial charge in [-0.05, 0) is 17.9 Å². The summed E-state index contributed by atoms with van der Waals surface area (Å²) in [6, 6.07) is 1.46. The Labute approximate surface area is 131 Å². The molecule has 0 bridgehead atoms. The lowest BCUT2D eigenvalue weighted by atomic mass is 9.92. The average molecular weight is 328 g/mol. The Morgan fingerprint density at radius 2 is 2.09 bits per heavy atom. The van der Waals surface area contributed by atoms with Crippen molar-refractivity contribution in [3.8, 4) is 0 Å². The molecule has 124 valence electrons. The van der Waals surface area contributed by atoms with Crippen molar-refractivity contribution in [2.75, 3.05) is 27.2 Å². The van der Waals surface area contributed by atoms with Crippen LogP contribution in [0.25, 0.3) is 0 Å². The lowest BCUT2D eigenvalue weighted by molar-refractivity contribution is 0.0783. The highest BCUT2D eigenvalue weighted by Gasteiger charge is 2.39. The summed E-state index contributed by atoms with van der Waals surface area (Å²) in [6.45, 7) is 5.04. The summed E-state index contributed by atoms with van der Waals surface area (Å²) in [7, 11) is -0.531. The van der Waals surface area contributed by atoms with Gasteiger partial charge in [0.25, 0.3) is 16.1 Å². The molecule has 0 radical (unpaired) electrons. The Morgan fingerprint density at radius 3 is 2.59 bits per heavy atom. The summed E-state index contributed by atoms with van der Waals surface area (Å²) in [5.74, 6) is 0.301. The predicted molar refractivity (Wildman–Crippen MR) is 84.6 cm³/mol. The average Bonchev–Trinajstić information content (AvgIpc) is 3.05. The molecule has 2 atom stereocenters. The van der Waals surface area contributed by atoms with E-state index in [1.54, 1.807) is 23.4 Å². The van der Waals surface area contributed by atoms with Crippen molar-refractivity contribution in [1.29, 1.82) is 0 Å². The molecule has 2 rings (SSSR count). The van der Waals surface area contributed by atoms with Crippen molar-refractivity contribution >= 4 is 16.1 Å².